The van der Waals surface area contributed by atoms with Crippen LogP contribution in [-0.4, -0.2) is 39.3 Å². The van der Waals surface area contributed by atoms with Gasteiger partial charge in [-0.1, -0.05) is 12.1 Å². The first kappa shape index (κ1) is 24.1. The Hall–Kier alpha value is -3.22. The molecule has 1 unspecified atom stereocenters. The Morgan fingerprint density at radius 2 is 1.52 bits per heavy atom. The van der Waals surface area contributed by atoms with E-state index in [1.54, 1.807) is 20.8 Å². The number of hydrogen-bond donors (Lipinski definition) is 3. The van der Waals surface area contributed by atoms with Crippen LogP contribution in [0.5, 0.6) is 17.2 Å². The monoisotopic (exact) mass is 429 g/mol. The highest BCUT2D eigenvalue weighted by molar-refractivity contribution is 5.97. The quantitative estimate of drug-likeness (QED) is 0.474. The van der Waals surface area contributed by atoms with Gasteiger partial charge in [0.1, 0.15) is 23.0 Å². The Balaban J connectivity index is 2.21. The number of ether oxygens (including phenoxy) is 2. The van der Waals surface area contributed by atoms with E-state index < -0.39 is 29.3 Å². The van der Waals surface area contributed by atoms with Crippen LogP contribution in [-0.2, 0) is 16.0 Å². The number of amides is 1. The molecule has 7 heteroatoms. The van der Waals surface area contributed by atoms with Gasteiger partial charge in [0.25, 0.3) is 5.91 Å². The van der Waals surface area contributed by atoms with E-state index in [1.807, 2.05) is 45.0 Å². The lowest BCUT2D eigenvalue weighted by Gasteiger charge is -2.25. The summed E-state index contributed by atoms with van der Waals surface area (Å²) < 4.78 is 11.3. The second-order valence-corrected chi connectivity index (χ2v) is 9.33. The standard InChI is InChI=1S/C24H31NO6/c1-23(2,3)30-17-10-7-15(8-11-17)13-18(22(29)31-24(4,5)6)25-21(28)16-9-12-19(26)20(27)14-16/h7-12,14,18,26-27H,13H2,1-6H3,(H,25,28). The Kier molecular flexibility index (Phi) is 7.21. The van der Waals surface area contributed by atoms with Crippen LogP contribution in [0.25, 0.3) is 0 Å². The van der Waals surface area contributed by atoms with Gasteiger partial charge in [0.15, 0.2) is 11.5 Å². The maximum Gasteiger partial charge on any atom is 0.329 e. The lowest BCUT2D eigenvalue weighted by molar-refractivity contribution is -0.157. The number of benzene rings is 2. The summed E-state index contributed by atoms with van der Waals surface area (Å²) >= 11 is 0. The molecule has 1 atom stereocenters. The summed E-state index contributed by atoms with van der Waals surface area (Å²) in [6, 6.07) is 10.0. The summed E-state index contributed by atoms with van der Waals surface area (Å²) in [6.45, 7) is 11.1. The zero-order valence-corrected chi connectivity index (χ0v) is 18.9. The Morgan fingerprint density at radius 3 is 2.03 bits per heavy atom. The van der Waals surface area contributed by atoms with E-state index in [0.29, 0.717) is 5.75 Å². The van der Waals surface area contributed by atoms with Gasteiger partial charge in [-0.2, -0.15) is 0 Å². The molecule has 0 spiro atoms. The van der Waals surface area contributed by atoms with Crippen LogP contribution in [0.2, 0.25) is 0 Å². The lowest BCUT2D eigenvalue weighted by Crippen LogP contribution is -2.45. The van der Waals surface area contributed by atoms with E-state index in [0.717, 1.165) is 11.6 Å². The van der Waals surface area contributed by atoms with E-state index in [2.05, 4.69) is 5.32 Å². The summed E-state index contributed by atoms with van der Waals surface area (Å²) in [6.07, 6.45) is 0.209. The number of hydrogen-bond acceptors (Lipinski definition) is 6. The van der Waals surface area contributed by atoms with E-state index >= 15 is 0 Å². The number of carbonyl (C=O) groups excluding carboxylic acids is 2. The zero-order chi connectivity index (χ0) is 23.4. The normalized spacial score (nSPS) is 12.7. The number of phenolic OH excluding ortho intramolecular Hbond substituents is 2. The average Bonchev–Trinajstić information content (AvgIpc) is 2.62. The highest BCUT2D eigenvalue weighted by Crippen LogP contribution is 2.25. The molecule has 2 aromatic rings. The molecular weight excluding hydrogens is 398 g/mol. The van der Waals surface area contributed by atoms with Crippen molar-refractivity contribution in [1.82, 2.24) is 5.32 Å². The second kappa shape index (κ2) is 9.29. The first-order chi connectivity index (χ1) is 14.2. The summed E-state index contributed by atoms with van der Waals surface area (Å²) in [5.41, 5.74) is -0.130. The van der Waals surface area contributed by atoms with Crippen LogP contribution in [0.3, 0.4) is 0 Å². The molecule has 0 aliphatic heterocycles. The van der Waals surface area contributed by atoms with Crippen LogP contribution in [0, 0.1) is 0 Å². The molecule has 7 nitrogen and oxygen atoms in total. The molecule has 1 amide bonds. The number of rotatable bonds is 6. The fourth-order valence-corrected chi connectivity index (χ4v) is 2.76. The molecule has 31 heavy (non-hydrogen) atoms. The number of phenols is 2. The molecule has 2 aromatic carbocycles. The van der Waals surface area contributed by atoms with Crippen LogP contribution in [0.1, 0.15) is 57.5 Å². The average molecular weight is 430 g/mol. The smallest absolute Gasteiger partial charge is 0.329 e. The number of aromatic hydroxyl groups is 2. The molecule has 0 radical (unpaired) electrons. The van der Waals surface area contributed by atoms with Gasteiger partial charge in [-0.15, -0.1) is 0 Å². The van der Waals surface area contributed by atoms with E-state index in [4.69, 9.17) is 9.47 Å². The maximum absolute atomic E-state index is 12.8. The maximum atomic E-state index is 12.8. The van der Waals surface area contributed by atoms with Crippen molar-refractivity contribution in [2.75, 3.05) is 0 Å². The van der Waals surface area contributed by atoms with Crippen molar-refractivity contribution in [3.05, 3.63) is 53.6 Å². The molecule has 0 heterocycles. The first-order valence-electron chi connectivity index (χ1n) is 10.1. The topological polar surface area (TPSA) is 105 Å². The minimum atomic E-state index is -0.947. The minimum Gasteiger partial charge on any atom is -0.504 e. The molecule has 2 rings (SSSR count). The fourth-order valence-electron chi connectivity index (χ4n) is 2.76. The third-order valence-corrected chi connectivity index (χ3v) is 4.02. The zero-order valence-electron chi connectivity index (χ0n) is 18.9. The number of nitrogens with one attached hydrogen (secondary N) is 1. The summed E-state index contributed by atoms with van der Waals surface area (Å²) in [5, 5.41) is 21.8. The molecule has 0 aliphatic carbocycles. The Labute approximate surface area is 183 Å². The number of esters is 1. The molecule has 0 aliphatic rings. The molecular formula is C24H31NO6. The molecule has 3 N–H and O–H groups in total. The predicted molar refractivity (Wildman–Crippen MR) is 117 cm³/mol. The van der Waals surface area contributed by atoms with Gasteiger partial charge in [-0.25, -0.2) is 4.79 Å². The molecule has 0 bridgehead atoms. The van der Waals surface area contributed by atoms with Crippen molar-refractivity contribution >= 4 is 11.9 Å². The Bertz CT molecular complexity index is 923. The van der Waals surface area contributed by atoms with Crippen LogP contribution in [0.15, 0.2) is 42.5 Å². The van der Waals surface area contributed by atoms with Gasteiger partial charge in [0.05, 0.1) is 0 Å². The van der Waals surface area contributed by atoms with E-state index in [9.17, 15) is 19.8 Å². The molecule has 0 fully saturated rings. The van der Waals surface area contributed by atoms with Gasteiger partial charge in [-0.05, 0) is 77.4 Å². The van der Waals surface area contributed by atoms with E-state index in [-0.39, 0.29) is 23.3 Å². The second-order valence-electron chi connectivity index (χ2n) is 9.33. The SMILES string of the molecule is CC(C)(C)OC(=O)C(Cc1ccc(OC(C)(C)C)cc1)NC(=O)c1ccc(O)c(O)c1. The molecule has 168 valence electrons. The third-order valence-electron chi connectivity index (χ3n) is 4.02. The van der Waals surface area contributed by atoms with Crippen molar-refractivity contribution in [2.45, 2.75) is 65.2 Å². The van der Waals surface area contributed by atoms with Crippen molar-refractivity contribution in [3.63, 3.8) is 0 Å². The lowest BCUT2D eigenvalue weighted by atomic mass is 10.0. The van der Waals surface area contributed by atoms with Crippen molar-refractivity contribution in [2.24, 2.45) is 0 Å². The Morgan fingerprint density at radius 1 is 0.903 bits per heavy atom. The molecule has 0 saturated heterocycles. The van der Waals surface area contributed by atoms with Gasteiger partial charge in [0.2, 0.25) is 0 Å². The summed E-state index contributed by atoms with van der Waals surface area (Å²) in [5.74, 6) is -1.19. The number of carbonyl (C=O) groups is 2. The minimum absolute atomic E-state index is 0.109. The van der Waals surface area contributed by atoms with Crippen molar-refractivity contribution in [3.8, 4) is 17.2 Å². The highest BCUT2D eigenvalue weighted by Gasteiger charge is 2.27. The summed E-state index contributed by atoms with van der Waals surface area (Å²) in [7, 11) is 0. The predicted octanol–water partition coefficient (Wildman–Crippen LogP) is 3.96. The molecule has 0 aromatic heterocycles. The van der Waals surface area contributed by atoms with Crippen LogP contribution < -0.4 is 10.1 Å². The van der Waals surface area contributed by atoms with Crippen LogP contribution in [0.4, 0.5) is 0 Å². The fraction of sp³-hybridized carbons (Fsp3) is 0.417. The third kappa shape index (κ3) is 7.85. The first-order valence-corrected chi connectivity index (χ1v) is 10.1. The van der Waals surface area contributed by atoms with Crippen molar-refractivity contribution in [1.29, 1.82) is 0 Å². The summed E-state index contributed by atoms with van der Waals surface area (Å²) in [4.78, 5) is 25.4. The van der Waals surface area contributed by atoms with Gasteiger partial charge in [-0.3, -0.25) is 4.79 Å². The van der Waals surface area contributed by atoms with Gasteiger partial charge >= 0.3 is 5.97 Å². The largest absolute Gasteiger partial charge is 0.504 e. The van der Waals surface area contributed by atoms with Gasteiger partial charge in [0, 0.05) is 12.0 Å². The van der Waals surface area contributed by atoms with Gasteiger partial charge < -0.3 is 25.0 Å². The van der Waals surface area contributed by atoms with E-state index in [1.165, 1.54) is 12.1 Å². The molecule has 0 saturated carbocycles. The highest BCUT2D eigenvalue weighted by atomic mass is 16.6. The van der Waals surface area contributed by atoms with Crippen LogP contribution >= 0.6 is 0 Å². The van der Waals surface area contributed by atoms with Crippen molar-refractivity contribution < 1.29 is 29.3 Å².